The van der Waals surface area contributed by atoms with Crippen LogP contribution in [0.1, 0.15) is 63.0 Å². The number of rotatable bonds is 2. The lowest BCUT2D eigenvalue weighted by Gasteiger charge is -2.44. The number of methoxy groups -OCH3 is 1. The van der Waals surface area contributed by atoms with Crippen molar-refractivity contribution in [1.82, 2.24) is 0 Å². The van der Waals surface area contributed by atoms with Crippen molar-refractivity contribution in [3.63, 3.8) is 0 Å². The molecule has 150 valence electrons. The van der Waals surface area contributed by atoms with Crippen LogP contribution in [0.2, 0.25) is 0 Å². The van der Waals surface area contributed by atoms with Crippen molar-refractivity contribution in [1.29, 1.82) is 0 Å². The van der Waals surface area contributed by atoms with E-state index in [2.05, 4.69) is 45.2 Å². The Bertz CT molecular complexity index is 873. The largest absolute Gasteiger partial charge is 0.496 e. The molecule has 28 heavy (non-hydrogen) atoms. The highest BCUT2D eigenvalue weighted by atomic mass is 32.2. The Morgan fingerprint density at radius 3 is 2.75 bits per heavy atom. The summed E-state index contributed by atoms with van der Waals surface area (Å²) >= 11 is 1.68. The number of hydrogen-bond acceptors (Lipinski definition) is 4. The Labute approximate surface area is 173 Å². The third-order valence-electron chi connectivity index (χ3n) is 7.25. The molecule has 0 bridgehead atoms. The maximum absolute atomic E-state index is 13.8. The molecule has 1 spiro atoms. The Morgan fingerprint density at radius 1 is 1.25 bits per heavy atom. The maximum Gasteiger partial charge on any atom is 0.150 e. The van der Waals surface area contributed by atoms with Gasteiger partial charge in [-0.2, -0.15) is 0 Å². The second kappa shape index (κ2) is 7.05. The molecule has 1 fully saturated rings. The van der Waals surface area contributed by atoms with Gasteiger partial charge in [-0.3, -0.25) is 9.79 Å². The van der Waals surface area contributed by atoms with Gasteiger partial charge in [-0.15, -0.1) is 11.8 Å². The number of nitrogens with zero attached hydrogens (tertiary/aromatic N) is 1. The first-order valence-electron chi connectivity index (χ1n) is 10.4. The van der Waals surface area contributed by atoms with Gasteiger partial charge in [0.15, 0.2) is 5.78 Å². The lowest BCUT2D eigenvalue weighted by molar-refractivity contribution is -0.127. The van der Waals surface area contributed by atoms with Crippen LogP contribution in [0, 0.1) is 18.3 Å². The van der Waals surface area contributed by atoms with Crippen molar-refractivity contribution in [2.45, 2.75) is 64.3 Å². The van der Waals surface area contributed by atoms with E-state index in [4.69, 9.17) is 9.73 Å². The van der Waals surface area contributed by atoms with Gasteiger partial charge in [-0.25, -0.2) is 0 Å². The molecule has 1 saturated carbocycles. The summed E-state index contributed by atoms with van der Waals surface area (Å²) in [6, 6.07) is 6.26. The van der Waals surface area contributed by atoms with Crippen molar-refractivity contribution >= 4 is 22.6 Å². The number of ether oxygens (including phenoxy) is 1. The highest BCUT2D eigenvalue weighted by Gasteiger charge is 2.61. The van der Waals surface area contributed by atoms with Crippen LogP contribution in [0.3, 0.4) is 0 Å². The van der Waals surface area contributed by atoms with E-state index in [-0.39, 0.29) is 11.5 Å². The minimum atomic E-state index is -0.508. The van der Waals surface area contributed by atoms with Gasteiger partial charge in [-0.1, -0.05) is 42.2 Å². The van der Waals surface area contributed by atoms with Crippen molar-refractivity contribution < 1.29 is 9.53 Å². The molecule has 1 aromatic carbocycles. The third kappa shape index (κ3) is 2.79. The predicted octanol–water partition coefficient (Wildman–Crippen LogP) is 5.72. The van der Waals surface area contributed by atoms with Gasteiger partial charge < -0.3 is 4.74 Å². The Hall–Kier alpha value is -1.55. The Balaban J connectivity index is 1.82. The predicted molar refractivity (Wildman–Crippen MR) is 118 cm³/mol. The fourth-order valence-corrected chi connectivity index (χ4v) is 6.82. The first-order chi connectivity index (χ1) is 13.4. The van der Waals surface area contributed by atoms with Crippen LogP contribution in [-0.2, 0) is 4.79 Å². The summed E-state index contributed by atoms with van der Waals surface area (Å²) in [6.07, 6.45) is 9.52. The van der Waals surface area contributed by atoms with E-state index in [9.17, 15) is 4.79 Å². The normalized spacial score (nSPS) is 34.8. The Kier molecular flexibility index (Phi) is 4.97. The molecule has 3 nitrogen and oxygen atoms in total. The second-order valence-electron chi connectivity index (χ2n) is 8.96. The first-order valence-corrected chi connectivity index (χ1v) is 11.6. The molecule has 3 aliphatic rings. The van der Waals surface area contributed by atoms with Gasteiger partial charge in [0.2, 0.25) is 0 Å². The van der Waals surface area contributed by atoms with E-state index in [0.717, 1.165) is 29.2 Å². The van der Waals surface area contributed by atoms with Gasteiger partial charge in [0.1, 0.15) is 11.2 Å². The van der Waals surface area contributed by atoms with Crippen molar-refractivity contribution in [2.75, 3.05) is 13.4 Å². The molecule has 2 aliphatic carbocycles. The van der Waals surface area contributed by atoms with Crippen LogP contribution in [0.25, 0.3) is 0 Å². The number of fused-ring (bicyclic) bond motifs is 2. The molecule has 0 aromatic heterocycles. The van der Waals surface area contributed by atoms with Crippen molar-refractivity contribution in [3.8, 4) is 5.75 Å². The lowest BCUT2D eigenvalue weighted by Crippen LogP contribution is -2.49. The molecule has 0 amide bonds. The molecule has 1 heterocycles. The number of benzene rings is 1. The number of aryl methyl sites for hydroxylation is 1. The van der Waals surface area contributed by atoms with E-state index in [1.807, 2.05) is 6.07 Å². The summed E-state index contributed by atoms with van der Waals surface area (Å²) in [7, 11) is 1.71. The van der Waals surface area contributed by atoms with Gasteiger partial charge >= 0.3 is 0 Å². The minimum absolute atomic E-state index is 0.0864. The zero-order valence-electron chi connectivity index (χ0n) is 17.7. The van der Waals surface area contributed by atoms with E-state index in [1.165, 1.54) is 24.0 Å². The average molecular weight is 398 g/mol. The summed E-state index contributed by atoms with van der Waals surface area (Å²) in [6.45, 7) is 6.56. The number of aliphatic imine (C=N–C) groups is 1. The van der Waals surface area contributed by atoms with Crippen LogP contribution >= 0.6 is 11.8 Å². The second-order valence-corrected chi connectivity index (χ2v) is 9.75. The first kappa shape index (κ1) is 19.8. The number of ketones is 1. The molecular weight excluding hydrogens is 366 g/mol. The van der Waals surface area contributed by atoms with Gasteiger partial charge in [-0.05, 0) is 45.9 Å². The summed E-state index contributed by atoms with van der Waals surface area (Å²) in [5, 5.41) is 1.04. The van der Waals surface area contributed by atoms with Gasteiger partial charge in [0, 0.05) is 23.8 Å². The molecule has 4 atom stereocenters. The zero-order valence-corrected chi connectivity index (χ0v) is 18.5. The van der Waals surface area contributed by atoms with E-state index in [0.29, 0.717) is 18.1 Å². The molecule has 1 aromatic rings. The lowest BCUT2D eigenvalue weighted by atomic mass is 9.58. The number of carbonyl (C=O) groups excluding carboxylic acids is 1. The molecule has 0 radical (unpaired) electrons. The zero-order chi connectivity index (χ0) is 20.1. The molecule has 4 rings (SSSR count). The number of allylic oxidation sites excluding steroid dienone is 2. The summed E-state index contributed by atoms with van der Waals surface area (Å²) in [5.41, 5.74) is 3.01. The number of carbonyl (C=O) groups is 1. The molecule has 0 unspecified atom stereocenters. The summed E-state index contributed by atoms with van der Waals surface area (Å²) < 4.78 is 5.63. The maximum atomic E-state index is 13.8. The van der Waals surface area contributed by atoms with E-state index < -0.39 is 5.41 Å². The smallest absolute Gasteiger partial charge is 0.150 e. The summed E-state index contributed by atoms with van der Waals surface area (Å²) in [5.74, 6) is 1.61. The molecule has 1 aliphatic heterocycles. The minimum Gasteiger partial charge on any atom is -0.496 e. The topological polar surface area (TPSA) is 38.7 Å². The van der Waals surface area contributed by atoms with E-state index in [1.54, 1.807) is 18.9 Å². The highest BCUT2D eigenvalue weighted by Crippen LogP contribution is 2.59. The van der Waals surface area contributed by atoms with Gasteiger partial charge in [0.25, 0.3) is 0 Å². The van der Waals surface area contributed by atoms with Crippen LogP contribution in [0.15, 0.2) is 34.8 Å². The average Bonchev–Trinajstić information content (AvgIpc) is 2.93. The van der Waals surface area contributed by atoms with E-state index >= 15 is 0 Å². The van der Waals surface area contributed by atoms with Gasteiger partial charge in [0.05, 0.1) is 17.7 Å². The van der Waals surface area contributed by atoms with Crippen molar-refractivity contribution in [3.05, 3.63) is 41.0 Å². The quantitative estimate of drug-likeness (QED) is 0.599. The highest BCUT2D eigenvalue weighted by molar-refractivity contribution is 8.13. The fraction of sp³-hybridized carbons (Fsp3) is 0.583. The number of hydrogen-bond donors (Lipinski definition) is 0. The molecule has 0 saturated heterocycles. The number of Topliss-reactive ketones (excluding diaryl/α,β-unsaturated/α-hetero) is 1. The van der Waals surface area contributed by atoms with Crippen LogP contribution in [0.4, 0.5) is 0 Å². The molecular formula is C24H31NO2S. The SMILES string of the molecule is COc1ccc(C)cc1[C@H]1CC(=O)[C@@]2(C=C1C)C(SC)=N[C@@]1(C)CCCC[C@@H]21. The molecule has 0 N–H and O–H groups in total. The van der Waals surface area contributed by atoms with Crippen LogP contribution < -0.4 is 4.74 Å². The fourth-order valence-electron chi connectivity index (χ4n) is 5.87. The van der Waals surface area contributed by atoms with Crippen LogP contribution in [-0.4, -0.2) is 29.7 Å². The third-order valence-corrected chi connectivity index (χ3v) is 8.06. The summed E-state index contributed by atoms with van der Waals surface area (Å²) in [4.78, 5) is 19.0. The van der Waals surface area contributed by atoms with Crippen molar-refractivity contribution in [2.24, 2.45) is 16.3 Å². The van der Waals surface area contributed by atoms with Crippen LogP contribution in [0.5, 0.6) is 5.75 Å². The monoisotopic (exact) mass is 397 g/mol. The molecule has 4 heteroatoms. The Morgan fingerprint density at radius 2 is 2.04 bits per heavy atom. The number of thioether (sulfide) groups is 1. The standard InChI is InChI=1S/C24H31NO2S/c1-15-9-10-19(27-4)18(12-15)17-13-21(26)24(14-16(17)2)20-8-6-7-11-23(20,3)25-22(24)28-5/h9-10,12,14,17,20H,6-8,11,13H2,1-5H3/t17-,20+,23-,24-/m0/s1.